The first-order valence-electron chi connectivity index (χ1n) is 5.75. The first kappa shape index (κ1) is 16.7. The van der Waals surface area contributed by atoms with Crippen LogP contribution in [0, 0.1) is 5.82 Å². The van der Waals surface area contributed by atoms with Gasteiger partial charge < -0.3 is 9.64 Å². The van der Waals surface area contributed by atoms with Crippen molar-refractivity contribution in [3.63, 3.8) is 0 Å². The Kier molecular flexibility index (Phi) is 5.35. The number of amides is 1. The van der Waals surface area contributed by atoms with Gasteiger partial charge in [0.25, 0.3) is 15.0 Å². The van der Waals surface area contributed by atoms with Crippen molar-refractivity contribution in [2.24, 2.45) is 0 Å². The van der Waals surface area contributed by atoms with E-state index in [1.54, 1.807) is 7.05 Å². The van der Waals surface area contributed by atoms with Crippen molar-refractivity contribution in [1.82, 2.24) is 4.90 Å². The van der Waals surface area contributed by atoms with E-state index >= 15 is 0 Å². The number of rotatable bonds is 5. The molecule has 0 radical (unpaired) electrons. The molecule has 8 heteroatoms. The van der Waals surface area contributed by atoms with E-state index in [2.05, 4.69) is 0 Å². The number of hydrogen-bond acceptors (Lipinski definition) is 4. The van der Waals surface area contributed by atoms with Crippen LogP contribution in [0.1, 0.15) is 13.8 Å². The van der Waals surface area contributed by atoms with Gasteiger partial charge in [-0.1, -0.05) is 0 Å². The van der Waals surface area contributed by atoms with Crippen molar-refractivity contribution in [1.29, 1.82) is 0 Å². The Morgan fingerprint density at radius 2 is 2.05 bits per heavy atom. The van der Waals surface area contributed by atoms with E-state index in [-0.39, 0.29) is 24.3 Å². The second kappa shape index (κ2) is 6.41. The normalized spacial score (nSPS) is 11.5. The molecule has 0 atom stereocenters. The maximum Gasteiger partial charge on any atom is 0.265 e. The van der Waals surface area contributed by atoms with Crippen LogP contribution in [-0.4, -0.2) is 38.9 Å². The number of nitrogens with zero attached hydrogens (tertiary/aromatic N) is 1. The molecular weight excluding hydrogens is 309 g/mol. The number of hydrogen-bond donors (Lipinski definition) is 0. The highest BCUT2D eigenvalue weighted by Gasteiger charge is 2.20. The van der Waals surface area contributed by atoms with Gasteiger partial charge in [-0.05, 0) is 32.0 Å². The molecule has 0 heterocycles. The number of carbonyl (C=O) groups excluding carboxylic acids is 1. The van der Waals surface area contributed by atoms with E-state index in [0.29, 0.717) is 0 Å². The summed E-state index contributed by atoms with van der Waals surface area (Å²) < 4.78 is 40.8. The zero-order chi connectivity index (χ0) is 15.5. The molecule has 0 saturated carbocycles. The predicted molar refractivity (Wildman–Crippen MR) is 72.8 cm³/mol. The van der Waals surface area contributed by atoms with Crippen LogP contribution in [0.2, 0.25) is 0 Å². The van der Waals surface area contributed by atoms with Crippen LogP contribution in [0.15, 0.2) is 23.1 Å². The van der Waals surface area contributed by atoms with Crippen LogP contribution in [0.5, 0.6) is 5.75 Å². The summed E-state index contributed by atoms with van der Waals surface area (Å²) in [6.45, 7) is 3.29. The minimum absolute atomic E-state index is 0.0180. The van der Waals surface area contributed by atoms with Crippen LogP contribution in [0.4, 0.5) is 4.39 Å². The van der Waals surface area contributed by atoms with Gasteiger partial charge in [0.2, 0.25) is 0 Å². The molecule has 0 N–H and O–H groups in total. The minimum atomic E-state index is -4.16. The summed E-state index contributed by atoms with van der Waals surface area (Å²) in [5.41, 5.74) is 0. The molecule has 0 aliphatic carbocycles. The second-order valence-corrected chi connectivity index (χ2v) is 6.95. The molecule has 1 amide bonds. The third kappa shape index (κ3) is 4.35. The van der Waals surface area contributed by atoms with E-state index < -0.39 is 19.8 Å². The third-order valence-electron chi connectivity index (χ3n) is 2.69. The first-order chi connectivity index (χ1) is 9.12. The molecule has 0 saturated heterocycles. The van der Waals surface area contributed by atoms with E-state index in [1.807, 2.05) is 13.8 Å². The van der Waals surface area contributed by atoms with Crippen molar-refractivity contribution in [2.75, 3.05) is 13.7 Å². The topological polar surface area (TPSA) is 63.7 Å². The van der Waals surface area contributed by atoms with Gasteiger partial charge in [-0.15, -0.1) is 0 Å². The fraction of sp³-hybridized carbons (Fsp3) is 0.417. The quantitative estimate of drug-likeness (QED) is 0.777. The SMILES string of the molecule is CC(C)N(C)C(=O)COc1ccc(F)cc1S(=O)(=O)Cl. The lowest BCUT2D eigenvalue weighted by Gasteiger charge is -2.21. The lowest BCUT2D eigenvalue weighted by molar-refractivity contribution is -0.133. The summed E-state index contributed by atoms with van der Waals surface area (Å²) in [5, 5.41) is 0. The summed E-state index contributed by atoms with van der Waals surface area (Å²) in [5.74, 6) is -1.25. The third-order valence-corrected chi connectivity index (χ3v) is 4.03. The average molecular weight is 324 g/mol. The Hall–Kier alpha value is -1.34. The Morgan fingerprint density at radius 1 is 1.45 bits per heavy atom. The minimum Gasteiger partial charge on any atom is -0.482 e. The van der Waals surface area contributed by atoms with Crippen LogP contribution in [-0.2, 0) is 13.8 Å². The van der Waals surface area contributed by atoms with Crippen LogP contribution in [0.25, 0.3) is 0 Å². The summed E-state index contributed by atoms with van der Waals surface area (Å²) in [6, 6.07) is 2.87. The zero-order valence-electron chi connectivity index (χ0n) is 11.3. The van der Waals surface area contributed by atoms with E-state index in [1.165, 1.54) is 4.90 Å². The van der Waals surface area contributed by atoms with Crippen molar-refractivity contribution >= 4 is 25.6 Å². The molecule has 0 aliphatic heterocycles. The highest BCUT2D eigenvalue weighted by molar-refractivity contribution is 8.13. The summed E-state index contributed by atoms with van der Waals surface area (Å²) in [4.78, 5) is 12.7. The molecule has 1 aromatic rings. The summed E-state index contributed by atoms with van der Waals surface area (Å²) in [6.07, 6.45) is 0. The molecule has 112 valence electrons. The number of likely N-dealkylation sites (N-methyl/N-ethyl adjacent to an activating group) is 1. The van der Waals surface area contributed by atoms with Gasteiger partial charge in [0.15, 0.2) is 6.61 Å². The van der Waals surface area contributed by atoms with E-state index in [9.17, 15) is 17.6 Å². The summed E-state index contributed by atoms with van der Waals surface area (Å²) in [7, 11) is 2.63. The second-order valence-electron chi connectivity index (χ2n) is 4.42. The molecule has 1 rings (SSSR count). The monoisotopic (exact) mass is 323 g/mol. The zero-order valence-corrected chi connectivity index (χ0v) is 12.8. The summed E-state index contributed by atoms with van der Waals surface area (Å²) >= 11 is 0. The maximum atomic E-state index is 13.1. The molecule has 0 aromatic heterocycles. The van der Waals surface area contributed by atoms with Gasteiger partial charge in [-0.25, -0.2) is 12.8 Å². The highest BCUT2D eigenvalue weighted by atomic mass is 35.7. The molecule has 0 unspecified atom stereocenters. The first-order valence-corrected chi connectivity index (χ1v) is 8.06. The van der Waals surface area contributed by atoms with Gasteiger partial charge in [-0.2, -0.15) is 0 Å². The predicted octanol–water partition coefficient (Wildman–Crippen LogP) is 2.00. The number of benzene rings is 1. The lowest BCUT2D eigenvalue weighted by Crippen LogP contribution is -2.36. The molecule has 0 spiro atoms. The Morgan fingerprint density at radius 3 is 2.55 bits per heavy atom. The van der Waals surface area contributed by atoms with Gasteiger partial charge >= 0.3 is 0 Å². The Labute approximate surface area is 121 Å². The average Bonchev–Trinajstić information content (AvgIpc) is 2.34. The van der Waals surface area contributed by atoms with Crippen LogP contribution < -0.4 is 4.74 Å². The standard InChI is InChI=1S/C12H15ClFNO4S/c1-8(2)15(3)12(16)7-19-10-5-4-9(14)6-11(10)20(13,17)18/h4-6,8H,7H2,1-3H3. The highest BCUT2D eigenvalue weighted by Crippen LogP contribution is 2.27. The molecular formula is C12H15ClFNO4S. The lowest BCUT2D eigenvalue weighted by atomic mass is 10.3. The Balaban J connectivity index is 2.92. The molecule has 0 bridgehead atoms. The maximum absolute atomic E-state index is 13.1. The van der Waals surface area contributed by atoms with Crippen molar-refractivity contribution < 1.29 is 22.3 Å². The van der Waals surface area contributed by atoms with E-state index in [0.717, 1.165) is 18.2 Å². The molecule has 0 fully saturated rings. The smallest absolute Gasteiger partial charge is 0.265 e. The Bertz CT molecular complexity index is 603. The van der Waals surface area contributed by atoms with Crippen LogP contribution >= 0.6 is 10.7 Å². The fourth-order valence-corrected chi connectivity index (χ4v) is 2.30. The number of ether oxygens (including phenoxy) is 1. The van der Waals surface area contributed by atoms with Crippen LogP contribution in [0.3, 0.4) is 0 Å². The molecule has 1 aromatic carbocycles. The van der Waals surface area contributed by atoms with Crippen molar-refractivity contribution in [3.8, 4) is 5.75 Å². The largest absolute Gasteiger partial charge is 0.482 e. The van der Waals surface area contributed by atoms with Crippen molar-refractivity contribution in [3.05, 3.63) is 24.0 Å². The fourth-order valence-electron chi connectivity index (χ4n) is 1.32. The van der Waals surface area contributed by atoms with Gasteiger partial charge in [0, 0.05) is 23.8 Å². The van der Waals surface area contributed by atoms with Gasteiger partial charge in [0.1, 0.15) is 16.5 Å². The molecule has 20 heavy (non-hydrogen) atoms. The van der Waals surface area contributed by atoms with Gasteiger partial charge in [-0.3, -0.25) is 4.79 Å². The molecule has 5 nitrogen and oxygen atoms in total. The number of halogens is 2. The van der Waals surface area contributed by atoms with E-state index in [4.69, 9.17) is 15.4 Å². The molecule has 0 aliphatic rings. The van der Waals surface area contributed by atoms with Gasteiger partial charge in [0.05, 0.1) is 0 Å². The van der Waals surface area contributed by atoms with Crippen molar-refractivity contribution in [2.45, 2.75) is 24.8 Å². The number of carbonyl (C=O) groups is 1.